The molecule has 3 aromatic heterocycles. The summed E-state index contributed by atoms with van der Waals surface area (Å²) in [5.41, 5.74) is 2.17. The van der Waals surface area contributed by atoms with Gasteiger partial charge in [0, 0.05) is 36.1 Å². The van der Waals surface area contributed by atoms with Gasteiger partial charge in [-0.1, -0.05) is 0 Å². The molecule has 6 rings (SSSR count). The summed E-state index contributed by atoms with van der Waals surface area (Å²) >= 11 is 0. The van der Waals surface area contributed by atoms with E-state index in [1.54, 1.807) is 29.1 Å². The molecule has 2 bridgehead atoms. The van der Waals surface area contributed by atoms with Crippen LogP contribution in [-0.2, 0) is 10.2 Å². The number of hydrogen-bond donors (Lipinski definition) is 1. The zero-order valence-electron chi connectivity index (χ0n) is 18.9. The van der Waals surface area contributed by atoms with Gasteiger partial charge >= 0.3 is 0 Å². The van der Waals surface area contributed by atoms with Gasteiger partial charge in [-0.25, -0.2) is 4.98 Å². The zero-order valence-corrected chi connectivity index (χ0v) is 18.9. The third-order valence-corrected chi connectivity index (χ3v) is 7.03. The Balaban J connectivity index is 1.37. The maximum absolute atomic E-state index is 13.3. The lowest BCUT2D eigenvalue weighted by Gasteiger charge is -2.22. The predicted octanol–water partition coefficient (Wildman–Crippen LogP) is 3.69. The molecular weight excluding hydrogens is 420 g/mol. The maximum Gasteiger partial charge on any atom is 0.274 e. The van der Waals surface area contributed by atoms with Crippen LogP contribution in [0.2, 0.25) is 0 Å². The van der Waals surface area contributed by atoms with Crippen molar-refractivity contribution in [3.05, 3.63) is 58.4 Å². The van der Waals surface area contributed by atoms with Crippen LogP contribution in [-0.4, -0.2) is 38.7 Å². The summed E-state index contributed by atoms with van der Waals surface area (Å²) in [6, 6.07) is 5.49. The number of anilines is 1. The van der Waals surface area contributed by atoms with E-state index >= 15 is 0 Å². The van der Waals surface area contributed by atoms with Crippen LogP contribution in [0.3, 0.4) is 0 Å². The highest BCUT2D eigenvalue weighted by Gasteiger charge is 2.48. The van der Waals surface area contributed by atoms with Crippen molar-refractivity contribution in [2.24, 2.45) is 0 Å². The van der Waals surface area contributed by atoms with Crippen LogP contribution in [0, 0.1) is 0 Å². The molecule has 3 fully saturated rings. The maximum atomic E-state index is 13.3. The number of nitrogens with one attached hydrogen (secondary N) is 1. The molecule has 172 valence electrons. The molecule has 1 amide bonds. The summed E-state index contributed by atoms with van der Waals surface area (Å²) in [6.07, 6.45) is 10.9. The average Bonchev–Trinajstić information content (AvgIpc) is 3.22. The second kappa shape index (κ2) is 7.45. The molecule has 2 unspecified atom stereocenters. The van der Waals surface area contributed by atoms with Crippen molar-refractivity contribution in [2.75, 3.05) is 11.9 Å². The normalized spacial score (nSPS) is 24.0. The number of fused-ring (bicyclic) bond motifs is 3. The summed E-state index contributed by atoms with van der Waals surface area (Å²) in [4.78, 5) is 31.0. The molecule has 1 saturated heterocycles. The fraction of sp³-hybridized carbons (Fsp3) is 0.480. The molecule has 4 heterocycles. The van der Waals surface area contributed by atoms with Gasteiger partial charge in [-0.2, -0.15) is 0 Å². The first-order chi connectivity index (χ1) is 15.9. The van der Waals surface area contributed by atoms with E-state index in [9.17, 15) is 9.59 Å². The molecule has 2 atom stereocenters. The topological polar surface area (TPSA) is 86.9 Å². The van der Waals surface area contributed by atoms with Crippen molar-refractivity contribution in [1.82, 2.24) is 14.0 Å². The summed E-state index contributed by atoms with van der Waals surface area (Å²) in [5, 5.41) is 2.81. The van der Waals surface area contributed by atoms with Crippen molar-refractivity contribution in [1.29, 1.82) is 0 Å². The van der Waals surface area contributed by atoms with Crippen LogP contribution in [0.4, 0.5) is 5.69 Å². The van der Waals surface area contributed by atoms with Crippen molar-refractivity contribution < 1.29 is 14.3 Å². The van der Waals surface area contributed by atoms with Gasteiger partial charge in [0.05, 0.1) is 30.1 Å². The summed E-state index contributed by atoms with van der Waals surface area (Å²) in [6.45, 7) is 4.54. The van der Waals surface area contributed by atoms with E-state index < -0.39 is 0 Å². The molecular formula is C25H28N4O4. The summed E-state index contributed by atoms with van der Waals surface area (Å²) in [7, 11) is 0. The lowest BCUT2D eigenvalue weighted by Crippen LogP contribution is -2.25. The van der Waals surface area contributed by atoms with E-state index in [1.165, 1.54) is 0 Å². The van der Waals surface area contributed by atoms with Gasteiger partial charge in [-0.15, -0.1) is 0 Å². The van der Waals surface area contributed by atoms with Gasteiger partial charge in [0.25, 0.3) is 11.5 Å². The Labute approximate surface area is 191 Å². The monoisotopic (exact) mass is 448 g/mol. The van der Waals surface area contributed by atoms with Crippen LogP contribution >= 0.6 is 0 Å². The minimum absolute atomic E-state index is 0.0316. The van der Waals surface area contributed by atoms with Crippen LogP contribution in [0.15, 0.2) is 41.6 Å². The number of amides is 1. The fourth-order valence-corrected chi connectivity index (χ4v) is 5.16. The standard InChI is InChI=1S/C25H28N4O4/c1-15(2)33-20-10-22-27-21(25-8-7-17(11-25)32-14-25)13-28(22)12-18(20)23(30)26-19-4-3-9-29(24(19)31)16-5-6-16/h3-4,9-10,12-13,15-17H,5-8,11,14H2,1-2H3,(H,26,30). The fourth-order valence-electron chi connectivity index (χ4n) is 5.16. The minimum atomic E-state index is -0.378. The molecule has 3 aliphatic rings. The van der Waals surface area contributed by atoms with E-state index in [1.807, 2.05) is 30.5 Å². The summed E-state index contributed by atoms with van der Waals surface area (Å²) in [5.74, 6) is 0.0758. The number of nitrogens with zero attached hydrogens (tertiary/aromatic N) is 3. The zero-order chi connectivity index (χ0) is 22.7. The molecule has 0 spiro atoms. The average molecular weight is 449 g/mol. The number of pyridine rings is 2. The second-order valence-corrected chi connectivity index (χ2v) is 9.89. The van der Waals surface area contributed by atoms with E-state index in [0.29, 0.717) is 24.0 Å². The number of hydrogen-bond acceptors (Lipinski definition) is 5. The highest BCUT2D eigenvalue weighted by molar-refractivity contribution is 6.06. The smallest absolute Gasteiger partial charge is 0.274 e. The number of ether oxygens (including phenoxy) is 2. The third kappa shape index (κ3) is 3.53. The van der Waals surface area contributed by atoms with E-state index in [-0.39, 0.29) is 34.7 Å². The Morgan fingerprint density at radius 1 is 1.30 bits per heavy atom. The SMILES string of the molecule is CC(C)Oc1cc2nc(C34CCC(C3)OC4)cn2cc1C(=O)Nc1cccn(C2CC2)c1=O. The molecule has 2 aliphatic carbocycles. The molecule has 2 saturated carbocycles. The minimum Gasteiger partial charge on any atom is -0.490 e. The van der Waals surface area contributed by atoms with Crippen molar-refractivity contribution in [2.45, 2.75) is 69.6 Å². The lowest BCUT2D eigenvalue weighted by molar-refractivity contribution is 0.0692. The largest absolute Gasteiger partial charge is 0.490 e. The van der Waals surface area contributed by atoms with Gasteiger partial charge in [0.15, 0.2) is 0 Å². The van der Waals surface area contributed by atoms with Gasteiger partial charge in [0.1, 0.15) is 17.1 Å². The molecule has 1 aliphatic heterocycles. The van der Waals surface area contributed by atoms with Gasteiger partial charge in [-0.05, 0) is 58.1 Å². The number of aromatic nitrogens is 3. The molecule has 8 heteroatoms. The molecule has 3 aromatic rings. The lowest BCUT2D eigenvalue weighted by atomic mass is 9.85. The first-order valence-electron chi connectivity index (χ1n) is 11.8. The molecule has 1 N–H and O–H groups in total. The molecule has 33 heavy (non-hydrogen) atoms. The quantitative estimate of drug-likeness (QED) is 0.622. The molecule has 0 aromatic carbocycles. The Hall–Kier alpha value is -3.13. The van der Waals surface area contributed by atoms with Crippen LogP contribution in [0.25, 0.3) is 5.65 Å². The number of carbonyl (C=O) groups excluding carboxylic acids is 1. The third-order valence-electron chi connectivity index (χ3n) is 7.03. The van der Waals surface area contributed by atoms with Crippen LogP contribution in [0.1, 0.15) is 68.0 Å². The first-order valence-corrected chi connectivity index (χ1v) is 11.8. The Morgan fingerprint density at radius 3 is 2.82 bits per heavy atom. The van der Waals surface area contributed by atoms with E-state index in [2.05, 4.69) is 5.32 Å². The first kappa shape index (κ1) is 20.5. The highest BCUT2D eigenvalue weighted by atomic mass is 16.5. The van der Waals surface area contributed by atoms with Gasteiger partial charge < -0.3 is 23.8 Å². The second-order valence-electron chi connectivity index (χ2n) is 9.89. The van der Waals surface area contributed by atoms with Crippen LogP contribution < -0.4 is 15.6 Å². The molecule has 8 nitrogen and oxygen atoms in total. The predicted molar refractivity (Wildman–Crippen MR) is 123 cm³/mol. The van der Waals surface area contributed by atoms with E-state index in [4.69, 9.17) is 14.5 Å². The number of imidazole rings is 1. The van der Waals surface area contributed by atoms with Crippen molar-refractivity contribution in [3.8, 4) is 5.75 Å². The van der Waals surface area contributed by atoms with Gasteiger partial charge in [-0.3, -0.25) is 9.59 Å². The Bertz CT molecular complexity index is 1300. The van der Waals surface area contributed by atoms with Gasteiger partial charge in [0.2, 0.25) is 0 Å². The Morgan fingerprint density at radius 2 is 2.15 bits per heavy atom. The number of rotatable bonds is 6. The van der Waals surface area contributed by atoms with E-state index in [0.717, 1.165) is 43.4 Å². The summed E-state index contributed by atoms with van der Waals surface area (Å²) < 4.78 is 15.4. The Kier molecular flexibility index (Phi) is 4.62. The molecule has 0 radical (unpaired) electrons. The van der Waals surface area contributed by atoms with Crippen LogP contribution in [0.5, 0.6) is 5.75 Å². The number of carbonyl (C=O) groups is 1. The highest BCUT2D eigenvalue weighted by Crippen LogP contribution is 2.47. The van der Waals surface area contributed by atoms with Crippen molar-refractivity contribution in [3.63, 3.8) is 0 Å². The van der Waals surface area contributed by atoms with Crippen molar-refractivity contribution >= 4 is 17.2 Å².